The molecular formula is C15H13FN2O2S. The number of nitrogens with one attached hydrogen (secondary N) is 1. The average Bonchev–Trinajstić information content (AvgIpc) is 2.49. The number of hydrogen-bond donors (Lipinski definition) is 1. The molecular weight excluding hydrogens is 291 g/mol. The van der Waals surface area contributed by atoms with Crippen LogP contribution in [0.1, 0.15) is 18.0 Å². The Hall–Kier alpha value is -2.08. The van der Waals surface area contributed by atoms with Gasteiger partial charge in [-0.25, -0.2) is 4.39 Å². The van der Waals surface area contributed by atoms with Gasteiger partial charge in [-0.15, -0.1) is 11.8 Å². The van der Waals surface area contributed by atoms with Gasteiger partial charge >= 0.3 is 0 Å². The van der Waals surface area contributed by atoms with Crippen molar-refractivity contribution in [2.24, 2.45) is 0 Å². The standard InChI is InChI=1S/C15H13FN2O2S/c16-11-5-3-4-10-12(8-9-21-15(10)11)17-13-6-1-2-7-14(13)18(19)20/h1-7,12,17H,8-9H2. The minimum absolute atomic E-state index is 0.0358. The van der Waals surface area contributed by atoms with Crippen molar-refractivity contribution in [2.45, 2.75) is 17.4 Å². The lowest BCUT2D eigenvalue weighted by Gasteiger charge is -2.26. The predicted octanol–water partition coefficient (Wildman–Crippen LogP) is 4.38. The van der Waals surface area contributed by atoms with Crippen LogP contribution in [0.15, 0.2) is 47.4 Å². The highest BCUT2D eigenvalue weighted by molar-refractivity contribution is 7.99. The fourth-order valence-electron chi connectivity index (χ4n) is 2.48. The molecule has 0 radical (unpaired) electrons. The van der Waals surface area contributed by atoms with Crippen LogP contribution in [-0.4, -0.2) is 10.7 Å². The van der Waals surface area contributed by atoms with E-state index < -0.39 is 4.92 Å². The molecule has 1 heterocycles. The first-order chi connectivity index (χ1) is 10.2. The van der Waals surface area contributed by atoms with Crippen molar-refractivity contribution in [3.05, 3.63) is 64.0 Å². The molecule has 2 aromatic carbocycles. The molecule has 6 heteroatoms. The molecule has 1 unspecified atom stereocenters. The van der Waals surface area contributed by atoms with Gasteiger partial charge in [0.05, 0.1) is 11.0 Å². The van der Waals surface area contributed by atoms with Crippen LogP contribution >= 0.6 is 11.8 Å². The van der Waals surface area contributed by atoms with Gasteiger partial charge in [-0.05, 0) is 24.1 Å². The molecule has 1 aliphatic heterocycles. The summed E-state index contributed by atoms with van der Waals surface area (Å²) in [4.78, 5) is 11.3. The van der Waals surface area contributed by atoms with Gasteiger partial charge < -0.3 is 5.32 Å². The van der Waals surface area contributed by atoms with Crippen LogP contribution in [0.4, 0.5) is 15.8 Å². The summed E-state index contributed by atoms with van der Waals surface area (Å²) in [6, 6.07) is 11.4. The molecule has 108 valence electrons. The molecule has 1 atom stereocenters. The van der Waals surface area contributed by atoms with Gasteiger partial charge in [-0.3, -0.25) is 10.1 Å². The van der Waals surface area contributed by atoms with Crippen molar-refractivity contribution >= 4 is 23.1 Å². The first-order valence-corrected chi connectivity index (χ1v) is 7.56. The number of anilines is 1. The first kappa shape index (κ1) is 13.9. The summed E-state index contributed by atoms with van der Waals surface area (Å²) >= 11 is 1.49. The summed E-state index contributed by atoms with van der Waals surface area (Å²) in [6.07, 6.45) is 0.799. The lowest BCUT2D eigenvalue weighted by Crippen LogP contribution is -2.17. The van der Waals surface area contributed by atoms with E-state index in [1.165, 1.54) is 23.9 Å². The third-order valence-corrected chi connectivity index (χ3v) is 4.62. The Balaban J connectivity index is 1.95. The van der Waals surface area contributed by atoms with Crippen molar-refractivity contribution in [1.29, 1.82) is 0 Å². The highest BCUT2D eigenvalue weighted by atomic mass is 32.2. The molecule has 4 nitrogen and oxygen atoms in total. The summed E-state index contributed by atoms with van der Waals surface area (Å²) in [5.74, 6) is 0.554. The number of nitro groups is 1. The zero-order valence-corrected chi connectivity index (χ0v) is 11.9. The van der Waals surface area contributed by atoms with Crippen molar-refractivity contribution in [1.82, 2.24) is 0 Å². The minimum Gasteiger partial charge on any atom is -0.373 e. The van der Waals surface area contributed by atoms with Gasteiger partial charge in [0.2, 0.25) is 0 Å². The number of fused-ring (bicyclic) bond motifs is 1. The number of nitrogens with zero attached hydrogens (tertiary/aromatic N) is 1. The normalized spacial score (nSPS) is 17.1. The van der Waals surface area contributed by atoms with E-state index >= 15 is 0 Å². The Morgan fingerprint density at radius 2 is 2.05 bits per heavy atom. The molecule has 0 bridgehead atoms. The molecule has 0 saturated heterocycles. The molecule has 0 spiro atoms. The van der Waals surface area contributed by atoms with Crippen LogP contribution in [0.5, 0.6) is 0 Å². The third-order valence-electron chi connectivity index (χ3n) is 3.46. The van der Waals surface area contributed by atoms with E-state index in [-0.39, 0.29) is 17.5 Å². The van der Waals surface area contributed by atoms with Crippen molar-refractivity contribution in [3.63, 3.8) is 0 Å². The molecule has 1 aliphatic rings. The molecule has 0 aromatic heterocycles. The van der Waals surface area contributed by atoms with E-state index in [1.54, 1.807) is 24.3 Å². The van der Waals surface area contributed by atoms with Gasteiger partial charge in [0.1, 0.15) is 11.5 Å². The Labute approximate surface area is 125 Å². The van der Waals surface area contributed by atoms with Crippen LogP contribution in [-0.2, 0) is 0 Å². The van der Waals surface area contributed by atoms with Gasteiger partial charge in [0.15, 0.2) is 0 Å². The monoisotopic (exact) mass is 304 g/mol. The fourth-order valence-corrected chi connectivity index (χ4v) is 3.62. The van der Waals surface area contributed by atoms with E-state index in [0.717, 1.165) is 17.7 Å². The quantitative estimate of drug-likeness (QED) is 0.675. The van der Waals surface area contributed by atoms with E-state index in [2.05, 4.69) is 5.32 Å². The number of hydrogen-bond acceptors (Lipinski definition) is 4. The maximum atomic E-state index is 13.8. The summed E-state index contributed by atoms with van der Waals surface area (Å²) in [5.41, 5.74) is 1.37. The van der Waals surface area contributed by atoms with Gasteiger partial charge in [0, 0.05) is 16.7 Å². The smallest absolute Gasteiger partial charge is 0.292 e. The maximum Gasteiger partial charge on any atom is 0.292 e. The summed E-state index contributed by atoms with van der Waals surface area (Å²) < 4.78 is 13.8. The van der Waals surface area contributed by atoms with Crippen molar-refractivity contribution in [2.75, 3.05) is 11.1 Å². The Morgan fingerprint density at radius 1 is 1.24 bits per heavy atom. The molecule has 3 rings (SSSR count). The number of rotatable bonds is 3. The maximum absolute atomic E-state index is 13.8. The van der Waals surface area contributed by atoms with Crippen LogP contribution in [0, 0.1) is 15.9 Å². The van der Waals surface area contributed by atoms with Crippen LogP contribution in [0.2, 0.25) is 0 Å². The Kier molecular flexibility index (Phi) is 3.79. The van der Waals surface area contributed by atoms with Crippen LogP contribution < -0.4 is 5.32 Å². The lowest BCUT2D eigenvalue weighted by molar-refractivity contribution is -0.384. The summed E-state index contributed by atoms with van der Waals surface area (Å²) in [7, 11) is 0. The zero-order valence-electron chi connectivity index (χ0n) is 11.1. The molecule has 0 fully saturated rings. The van der Waals surface area contributed by atoms with Gasteiger partial charge in [-0.1, -0.05) is 24.3 Å². The van der Waals surface area contributed by atoms with E-state index in [9.17, 15) is 14.5 Å². The molecule has 0 saturated carbocycles. The lowest BCUT2D eigenvalue weighted by atomic mass is 10.0. The Bertz CT molecular complexity index is 693. The molecule has 2 aromatic rings. The highest BCUT2D eigenvalue weighted by Gasteiger charge is 2.25. The van der Waals surface area contributed by atoms with Crippen molar-refractivity contribution < 1.29 is 9.31 Å². The summed E-state index contributed by atoms with van der Waals surface area (Å²) in [6.45, 7) is 0. The SMILES string of the molecule is O=[N+]([O-])c1ccccc1NC1CCSc2c(F)cccc21. The van der Waals surface area contributed by atoms with Gasteiger partial charge in [0.25, 0.3) is 5.69 Å². The predicted molar refractivity (Wildman–Crippen MR) is 81.2 cm³/mol. The topological polar surface area (TPSA) is 55.2 Å². The number of para-hydroxylation sites is 2. The largest absolute Gasteiger partial charge is 0.373 e. The first-order valence-electron chi connectivity index (χ1n) is 6.58. The minimum atomic E-state index is -0.410. The molecule has 0 amide bonds. The second kappa shape index (κ2) is 5.73. The number of benzene rings is 2. The van der Waals surface area contributed by atoms with Crippen LogP contribution in [0.25, 0.3) is 0 Å². The number of halogens is 1. The van der Waals surface area contributed by atoms with Crippen LogP contribution in [0.3, 0.4) is 0 Å². The third kappa shape index (κ3) is 2.71. The van der Waals surface area contributed by atoms with E-state index in [4.69, 9.17) is 0 Å². The van der Waals surface area contributed by atoms with E-state index in [0.29, 0.717) is 10.6 Å². The molecule has 21 heavy (non-hydrogen) atoms. The second-order valence-electron chi connectivity index (χ2n) is 4.77. The molecule has 0 aliphatic carbocycles. The van der Waals surface area contributed by atoms with Gasteiger partial charge in [-0.2, -0.15) is 0 Å². The molecule has 1 N–H and O–H groups in total. The number of nitro benzene ring substituents is 1. The fraction of sp³-hybridized carbons (Fsp3) is 0.200. The zero-order chi connectivity index (χ0) is 14.8. The second-order valence-corrected chi connectivity index (χ2v) is 5.87. The van der Waals surface area contributed by atoms with Crippen molar-refractivity contribution in [3.8, 4) is 0 Å². The average molecular weight is 304 g/mol. The highest BCUT2D eigenvalue weighted by Crippen LogP contribution is 2.40. The Morgan fingerprint density at radius 3 is 2.86 bits per heavy atom. The van der Waals surface area contributed by atoms with E-state index in [1.807, 2.05) is 6.07 Å². The number of thioether (sulfide) groups is 1. The summed E-state index contributed by atoms with van der Waals surface area (Å²) in [5, 5.41) is 14.3.